The lowest BCUT2D eigenvalue weighted by Crippen LogP contribution is -1.94. The van der Waals surface area contributed by atoms with Crippen LogP contribution in [-0.4, -0.2) is 24.3 Å². The van der Waals surface area contributed by atoms with Crippen LogP contribution >= 0.6 is 23.1 Å². The Kier molecular flexibility index (Phi) is 4.33. The van der Waals surface area contributed by atoms with Gasteiger partial charge in [-0.05, 0) is 31.5 Å². The molecular weight excluding hydrogens is 386 g/mol. The van der Waals surface area contributed by atoms with E-state index < -0.39 is 0 Å². The van der Waals surface area contributed by atoms with Crippen molar-refractivity contribution in [2.24, 2.45) is 0 Å². The molecule has 5 nitrogen and oxygen atoms in total. The van der Waals surface area contributed by atoms with Crippen LogP contribution in [0.15, 0.2) is 60.0 Å². The largest absolute Gasteiger partial charge is 0.288 e. The number of fused-ring (bicyclic) bond motifs is 2. The number of thioether (sulfide) groups is 1. The highest BCUT2D eigenvalue weighted by atomic mass is 32.2. The van der Waals surface area contributed by atoms with Crippen molar-refractivity contribution >= 4 is 39.1 Å². The predicted molar refractivity (Wildman–Crippen MR) is 115 cm³/mol. The molecule has 0 aliphatic carbocycles. The monoisotopic (exact) mass is 403 g/mol. The summed E-state index contributed by atoms with van der Waals surface area (Å²) in [4.78, 5) is 20.4. The first-order valence-electron chi connectivity index (χ1n) is 8.92. The minimum atomic E-state index is 0.741. The van der Waals surface area contributed by atoms with E-state index in [-0.39, 0.29) is 0 Å². The molecule has 28 heavy (non-hydrogen) atoms. The number of nitrogens with zero attached hydrogens (tertiary/aromatic N) is 5. The van der Waals surface area contributed by atoms with E-state index in [0.29, 0.717) is 0 Å². The number of rotatable bonds is 4. The summed E-state index contributed by atoms with van der Waals surface area (Å²) in [5.41, 5.74) is 4.33. The van der Waals surface area contributed by atoms with Crippen molar-refractivity contribution < 1.29 is 0 Å². The van der Waals surface area contributed by atoms with Gasteiger partial charge >= 0.3 is 0 Å². The minimum absolute atomic E-state index is 0.741. The molecule has 0 amide bonds. The molecule has 1 aromatic carbocycles. The normalized spacial score (nSPS) is 11.5. The molecule has 0 unspecified atom stereocenters. The third-order valence-corrected chi connectivity index (χ3v) is 6.65. The Hall–Kier alpha value is -2.77. The molecule has 5 aromatic rings. The van der Waals surface area contributed by atoms with Crippen LogP contribution in [0.1, 0.15) is 17.1 Å². The summed E-state index contributed by atoms with van der Waals surface area (Å²) in [6, 6.07) is 14.7. The van der Waals surface area contributed by atoms with Gasteiger partial charge in [0.05, 0.1) is 5.69 Å². The highest BCUT2D eigenvalue weighted by Crippen LogP contribution is 2.36. The number of hydrogen-bond acceptors (Lipinski definition) is 6. The zero-order valence-corrected chi connectivity index (χ0v) is 17.1. The van der Waals surface area contributed by atoms with Crippen molar-refractivity contribution in [3.63, 3.8) is 0 Å². The van der Waals surface area contributed by atoms with Crippen molar-refractivity contribution in [1.82, 2.24) is 24.3 Å². The average Bonchev–Trinajstić information content (AvgIpc) is 3.31. The van der Waals surface area contributed by atoms with Gasteiger partial charge in [-0.2, -0.15) is 0 Å². The first kappa shape index (κ1) is 17.3. The molecule has 0 saturated carbocycles. The van der Waals surface area contributed by atoms with E-state index in [1.54, 1.807) is 29.4 Å². The van der Waals surface area contributed by atoms with E-state index >= 15 is 0 Å². The number of imidazole rings is 1. The van der Waals surface area contributed by atoms with Crippen molar-refractivity contribution in [1.29, 1.82) is 0 Å². The third kappa shape index (κ3) is 3.16. The molecule has 0 atom stereocenters. The van der Waals surface area contributed by atoms with E-state index in [9.17, 15) is 0 Å². The van der Waals surface area contributed by atoms with Crippen LogP contribution in [0.3, 0.4) is 0 Å². The summed E-state index contributed by atoms with van der Waals surface area (Å²) in [5.74, 6) is 1.49. The molecule has 5 rings (SSSR count). The highest BCUT2D eigenvalue weighted by molar-refractivity contribution is 7.98. The van der Waals surface area contributed by atoms with Crippen LogP contribution in [0.2, 0.25) is 0 Å². The first-order chi connectivity index (χ1) is 13.7. The van der Waals surface area contributed by atoms with Gasteiger partial charge < -0.3 is 0 Å². The van der Waals surface area contributed by atoms with Crippen LogP contribution in [0.5, 0.6) is 0 Å². The van der Waals surface area contributed by atoms with Gasteiger partial charge in [-0.3, -0.25) is 4.40 Å². The lowest BCUT2D eigenvalue weighted by Gasteiger charge is -1.99. The molecule has 0 aliphatic heterocycles. The Balaban J connectivity index is 1.45. The number of thiophene rings is 1. The predicted octanol–water partition coefficient (Wildman–Crippen LogP) is 5.31. The fourth-order valence-electron chi connectivity index (χ4n) is 3.22. The summed E-state index contributed by atoms with van der Waals surface area (Å²) < 4.78 is 2.04. The Morgan fingerprint density at radius 1 is 1.04 bits per heavy atom. The van der Waals surface area contributed by atoms with E-state index in [4.69, 9.17) is 0 Å². The molecule has 0 fully saturated rings. The fourth-order valence-corrected chi connectivity index (χ4v) is 5.15. The van der Waals surface area contributed by atoms with Gasteiger partial charge in [-0.25, -0.2) is 19.9 Å². The van der Waals surface area contributed by atoms with Gasteiger partial charge in [0.1, 0.15) is 16.2 Å². The van der Waals surface area contributed by atoms with Gasteiger partial charge in [-0.15, -0.1) is 11.3 Å². The third-order valence-electron chi connectivity index (χ3n) is 4.52. The van der Waals surface area contributed by atoms with Gasteiger partial charge in [0, 0.05) is 33.6 Å². The van der Waals surface area contributed by atoms with Crippen LogP contribution in [0.25, 0.3) is 26.4 Å². The molecule has 0 bridgehead atoms. The molecule has 7 heteroatoms. The quantitative estimate of drug-likeness (QED) is 0.301. The van der Waals surface area contributed by atoms with Crippen LogP contribution < -0.4 is 0 Å². The van der Waals surface area contributed by atoms with Gasteiger partial charge in [-0.1, -0.05) is 42.1 Å². The maximum Gasteiger partial charge on any atom is 0.234 e. The van der Waals surface area contributed by atoms with Crippen molar-refractivity contribution in [2.75, 3.05) is 0 Å². The zero-order chi connectivity index (χ0) is 19.1. The molecule has 138 valence electrons. The van der Waals surface area contributed by atoms with E-state index in [1.165, 1.54) is 10.4 Å². The number of aryl methyl sites for hydroxylation is 2. The molecule has 0 saturated heterocycles. The van der Waals surface area contributed by atoms with Crippen molar-refractivity contribution in [2.45, 2.75) is 24.6 Å². The SMILES string of the molecule is Cc1cc(C)n2cc(CSc3ncnc4sc(-c5ccccc5)cc34)nc2n1. The van der Waals surface area contributed by atoms with E-state index in [0.717, 1.165) is 43.9 Å². The topological polar surface area (TPSA) is 56.0 Å². The standard InChI is InChI=1S/C21H17N5S2/c1-13-8-14(2)26-10-16(25-21(26)24-13)11-27-19-17-9-18(15-6-4-3-5-7-15)28-20(17)23-12-22-19/h3-10,12H,11H2,1-2H3. The highest BCUT2D eigenvalue weighted by Gasteiger charge is 2.12. The second-order valence-electron chi connectivity index (χ2n) is 6.60. The molecule has 0 spiro atoms. The summed E-state index contributed by atoms with van der Waals surface area (Å²) in [6.07, 6.45) is 3.71. The Bertz CT molecular complexity index is 1290. The molecule has 4 aromatic heterocycles. The van der Waals surface area contributed by atoms with Crippen molar-refractivity contribution in [3.05, 3.63) is 72.1 Å². The lowest BCUT2D eigenvalue weighted by molar-refractivity contribution is 1.01. The summed E-state index contributed by atoms with van der Waals surface area (Å²) in [7, 11) is 0. The first-order valence-corrected chi connectivity index (χ1v) is 10.7. The van der Waals surface area contributed by atoms with Crippen molar-refractivity contribution in [3.8, 4) is 10.4 Å². The summed E-state index contributed by atoms with van der Waals surface area (Å²) in [5, 5.41) is 2.09. The minimum Gasteiger partial charge on any atom is -0.288 e. The Labute approximate surface area is 170 Å². The van der Waals surface area contributed by atoms with E-state index in [1.807, 2.05) is 17.4 Å². The molecule has 0 radical (unpaired) electrons. The number of hydrogen-bond donors (Lipinski definition) is 0. The number of benzene rings is 1. The Morgan fingerprint density at radius 3 is 2.75 bits per heavy atom. The van der Waals surface area contributed by atoms with Crippen LogP contribution in [-0.2, 0) is 5.75 Å². The maximum atomic E-state index is 4.67. The van der Waals surface area contributed by atoms with Gasteiger partial charge in [0.15, 0.2) is 0 Å². The van der Waals surface area contributed by atoms with Gasteiger partial charge in [0.2, 0.25) is 5.78 Å². The molecule has 0 aliphatic rings. The van der Waals surface area contributed by atoms with E-state index in [2.05, 4.69) is 69.5 Å². The van der Waals surface area contributed by atoms with Crippen LogP contribution in [0, 0.1) is 13.8 Å². The smallest absolute Gasteiger partial charge is 0.234 e. The average molecular weight is 404 g/mol. The molecule has 4 heterocycles. The number of aromatic nitrogens is 5. The summed E-state index contributed by atoms with van der Waals surface area (Å²) in [6.45, 7) is 4.07. The van der Waals surface area contributed by atoms with Gasteiger partial charge in [0.25, 0.3) is 0 Å². The second kappa shape index (κ2) is 7.00. The summed E-state index contributed by atoms with van der Waals surface area (Å²) >= 11 is 3.39. The Morgan fingerprint density at radius 2 is 1.89 bits per heavy atom. The zero-order valence-electron chi connectivity index (χ0n) is 15.5. The molecule has 0 N–H and O–H groups in total. The molecular formula is C21H17N5S2. The second-order valence-corrected chi connectivity index (χ2v) is 8.60. The lowest BCUT2D eigenvalue weighted by atomic mass is 10.2. The fraction of sp³-hybridized carbons (Fsp3) is 0.143. The van der Waals surface area contributed by atoms with Crippen LogP contribution in [0.4, 0.5) is 0 Å². The maximum absolute atomic E-state index is 4.67.